The predicted molar refractivity (Wildman–Crippen MR) is 92.8 cm³/mol. The molecule has 1 saturated carbocycles. The first-order valence-electron chi connectivity index (χ1n) is 8.76. The molecule has 5 nitrogen and oxygen atoms in total. The number of halogens is 1. The molecule has 1 unspecified atom stereocenters. The van der Waals surface area contributed by atoms with Gasteiger partial charge in [0.25, 0.3) is 0 Å². The summed E-state index contributed by atoms with van der Waals surface area (Å²) in [4.78, 5) is 14.6. The van der Waals surface area contributed by atoms with E-state index >= 15 is 0 Å². The van der Waals surface area contributed by atoms with E-state index in [2.05, 4.69) is 15.5 Å². The van der Waals surface area contributed by atoms with Crippen molar-refractivity contribution in [2.75, 3.05) is 29.9 Å². The molecular weight excluding hydrogens is 309 g/mol. The van der Waals surface area contributed by atoms with Crippen molar-refractivity contribution in [1.82, 2.24) is 5.32 Å². The van der Waals surface area contributed by atoms with Crippen molar-refractivity contribution in [3.05, 3.63) is 24.0 Å². The second-order valence-corrected chi connectivity index (χ2v) is 7.14. The van der Waals surface area contributed by atoms with Crippen LogP contribution in [0.25, 0.3) is 0 Å². The third-order valence-electron chi connectivity index (χ3n) is 5.11. The molecule has 0 radical (unpaired) electrons. The van der Waals surface area contributed by atoms with Crippen LogP contribution in [0.3, 0.4) is 0 Å². The Morgan fingerprint density at radius 3 is 2.67 bits per heavy atom. The number of benzene rings is 1. The topological polar surface area (TPSA) is 64.6 Å². The molecule has 1 heterocycles. The Morgan fingerprint density at radius 2 is 2.04 bits per heavy atom. The van der Waals surface area contributed by atoms with Gasteiger partial charge in [0.2, 0.25) is 0 Å². The fraction of sp³-hybridized carbons (Fsp3) is 0.611. The number of amides is 2. The van der Waals surface area contributed by atoms with E-state index in [1.807, 2.05) is 6.92 Å². The first kappa shape index (κ1) is 17.0. The molecule has 0 aromatic heterocycles. The Kier molecular flexibility index (Phi) is 4.94. The Labute approximate surface area is 142 Å². The molecule has 1 aromatic carbocycles. The zero-order chi connectivity index (χ0) is 17.2. The van der Waals surface area contributed by atoms with E-state index in [9.17, 15) is 14.3 Å². The number of anilines is 2. The van der Waals surface area contributed by atoms with Crippen molar-refractivity contribution in [2.45, 2.75) is 44.6 Å². The average Bonchev–Trinajstić information content (AvgIpc) is 3.41. The van der Waals surface area contributed by atoms with Gasteiger partial charge in [0.15, 0.2) is 0 Å². The molecule has 24 heavy (non-hydrogen) atoms. The van der Waals surface area contributed by atoms with Gasteiger partial charge in [-0.05, 0) is 63.1 Å². The summed E-state index contributed by atoms with van der Waals surface area (Å²) in [5, 5.41) is 15.2. The van der Waals surface area contributed by atoms with Crippen LogP contribution in [-0.2, 0) is 0 Å². The van der Waals surface area contributed by atoms with E-state index in [1.165, 1.54) is 18.6 Å². The molecule has 1 aliphatic carbocycles. The Balaban J connectivity index is 1.73. The highest BCUT2D eigenvalue weighted by atomic mass is 19.1. The summed E-state index contributed by atoms with van der Waals surface area (Å²) in [5.74, 6) is -0.0690. The van der Waals surface area contributed by atoms with E-state index in [-0.39, 0.29) is 12.4 Å². The van der Waals surface area contributed by atoms with Gasteiger partial charge in [-0.15, -0.1) is 0 Å². The van der Waals surface area contributed by atoms with E-state index in [0.29, 0.717) is 11.6 Å². The van der Waals surface area contributed by atoms with Gasteiger partial charge >= 0.3 is 6.03 Å². The smallest absolute Gasteiger partial charge is 0.319 e. The zero-order valence-electron chi connectivity index (χ0n) is 14.1. The minimum Gasteiger partial charge on any atom is -0.394 e. The monoisotopic (exact) mass is 335 g/mol. The van der Waals surface area contributed by atoms with Crippen LogP contribution in [0.1, 0.15) is 39.0 Å². The van der Waals surface area contributed by atoms with Gasteiger partial charge in [0.1, 0.15) is 5.82 Å². The third-order valence-corrected chi connectivity index (χ3v) is 5.11. The van der Waals surface area contributed by atoms with Crippen molar-refractivity contribution in [2.24, 2.45) is 5.92 Å². The minimum atomic E-state index is -0.622. The molecule has 1 saturated heterocycles. The SMILES string of the molecule is CC(CO)(NC(=O)Nc1cc(F)ccc1N1CCCCC1)C1CC1. The van der Waals surface area contributed by atoms with Crippen LogP contribution >= 0.6 is 0 Å². The van der Waals surface area contributed by atoms with Crippen molar-refractivity contribution in [3.63, 3.8) is 0 Å². The second-order valence-electron chi connectivity index (χ2n) is 7.14. The zero-order valence-corrected chi connectivity index (χ0v) is 14.1. The van der Waals surface area contributed by atoms with Crippen molar-refractivity contribution in [1.29, 1.82) is 0 Å². The lowest BCUT2D eigenvalue weighted by Crippen LogP contribution is -2.52. The van der Waals surface area contributed by atoms with Crippen molar-refractivity contribution < 1.29 is 14.3 Å². The van der Waals surface area contributed by atoms with Crippen LogP contribution in [-0.4, -0.2) is 36.4 Å². The number of nitrogens with one attached hydrogen (secondary N) is 2. The first-order chi connectivity index (χ1) is 11.5. The fourth-order valence-corrected chi connectivity index (χ4v) is 3.42. The maximum absolute atomic E-state index is 13.7. The van der Waals surface area contributed by atoms with Crippen molar-refractivity contribution >= 4 is 17.4 Å². The van der Waals surface area contributed by atoms with Gasteiger partial charge in [-0.25, -0.2) is 9.18 Å². The number of nitrogens with zero attached hydrogens (tertiary/aromatic N) is 1. The molecule has 2 fully saturated rings. The highest BCUT2D eigenvalue weighted by Gasteiger charge is 2.42. The largest absolute Gasteiger partial charge is 0.394 e. The van der Waals surface area contributed by atoms with E-state index in [0.717, 1.165) is 44.5 Å². The molecule has 1 aromatic rings. The number of piperidine rings is 1. The number of urea groups is 1. The minimum absolute atomic E-state index is 0.104. The van der Waals surface area contributed by atoms with E-state index < -0.39 is 11.6 Å². The molecule has 6 heteroatoms. The highest BCUT2D eigenvalue weighted by molar-refractivity contribution is 5.93. The number of hydrogen-bond donors (Lipinski definition) is 3. The number of aliphatic hydroxyl groups is 1. The van der Waals surface area contributed by atoms with Crippen LogP contribution in [0.15, 0.2) is 18.2 Å². The Morgan fingerprint density at radius 1 is 1.33 bits per heavy atom. The van der Waals surface area contributed by atoms with Crippen molar-refractivity contribution in [3.8, 4) is 0 Å². The standard InChI is InChI=1S/C18H26FN3O2/c1-18(12-23,13-5-6-13)21-17(24)20-15-11-14(19)7-8-16(15)22-9-3-2-4-10-22/h7-8,11,13,23H,2-6,9-10,12H2,1H3,(H2,20,21,24). The first-order valence-corrected chi connectivity index (χ1v) is 8.76. The summed E-state index contributed by atoms with van der Waals surface area (Å²) < 4.78 is 13.7. The average molecular weight is 335 g/mol. The summed E-state index contributed by atoms with van der Waals surface area (Å²) in [6.07, 6.45) is 5.43. The Hall–Kier alpha value is -1.82. The molecule has 132 valence electrons. The van der Waals surface area contributed by atoms with Crippen LogP contribution in [0.2, 0.25) is 0 Å². The molecule has 3 N–H and O–H groups in total. The maximum atomic E-state index is 13.7. The lowest BCUT2D eigenvalue weighted by molar-refractivity contribution is 0.159. The number of hydrogen-bond acceptors (Lipinski definition) is 3. The van der Waals surface area contributed by atoms with Gasteiger partial charge in [-0.1, -0.05) is 0 Å². The van der Waals surface area contributed by atoms with Gasteiger partial charge in [-0.2, -0.15) is 0 Å². The molecule has 0 bridgehead atoms. The number of carbonyl (C=O) groups excluding carboxylic acids is 1. The summed E-state index contributed by atoms with van der Waals surface area (Å²) in [6.45, 7) is 3.57. The van der Waals surface area contributed by atoms with Crippen LogP contribution in [0.5, 0.6) is 0 Å². The normalized spacial score (nSPS) is 20.4. The van der Waals surface area contributed by atoms with Gasteiger partial charge in [0, 0.05) is 13.1 Å². The summed E-state index contributed by atoms with van der Waals surface area (Å²) in [5.41, 5.74) is 0.705. The molecule has 2 aliphatic rings. The predicted octanol–water partition coefficient (Wildman–Crippen LogP) is 3.10. The number of aliphatic hydroxyl groups excluding tert-OH is 1. The molecule has 1 aliphatic heterocycles. The van der Waals surface area contributed by atoms with Crippen LogP contribution in [0, 0.1) is 11.7 Å². The Bertz CT molecular complexity index is 600. The highest BCUT2D eigenvalue weighted by Crippen LogP contribution is 2.39. The summed E-state index contributed by atoms with van der Waals surface area (Å²) in [7, 11) is 0. The molecular formula is C18H26FN3O2. The molecule has 2 amide bonds. The lowest BCUT2D eigenvalue weighted by Gasteiger charge is -2.32. The van der Waals surface area contributed by atoms with E-state index in [1.54, 1.807) is 6.07 Å². The van der Waals surface area contributed by atoms with Gasteiger partial charge in [0.05, 0.1) is 23.5 Å². The van der Waals surface area contributed by atoms with Crippen LogP contribution < -0.4 is 15.5 Å². The van der Waals surface area contributed by atoms with Gasteiger partial charge < -0.3 is 20.6 Å². The third kappa shape index (κ3) is 3.80. The number of carbonyl (C=O) groups is 1. The molecule has 0 spiro atoms. The summed E-state index contributed by atoms with van der Waals surface area (Å²) >= 11 is 0. The second kappa shape index (κ2) is 6.97. The van der Waals surface area contributed by atoms with Gasteiger partial charge in [-0.3, -0.25) is 0 Å². The fourth-order valence-electron chi connectivity index (χ4n) is 3.42. The molecule has 1 atom stereocenters. The van der Waals surface area contributed by atoms with E-state index in [4.69, 9.17) is 0 Å². The maximum Gasteiger partial charge on any atom is 0.319 e. The molecule has 3 rings (SSSR count). The van der Waals surface area contributed by atoms with Crippen LogP contribution in [0.4, 0.5) is 20.6 Å². The summed E-state index contributed by atoms with van der Waals surface area (Å²) in [6, 6.07) is 4.11. The number of rotatable bonds is 5. The lowest BCUT2D eigenvalue weighted by atomic mass is 9.97. The quantitative estimate of drug-likeness (QED) is 0.775.